The largest absolute Gasteiger partial charge is 0.340 e. The van der Waals surface area contributed by atoms with E-state index >= 15 is 0 Å². The monoisotopic (exact) mass is 328 g/mol. The maximum atomic E-state index is 11.3. The lowest BCUT2D eigenvalue weighted by atomic mass is 10.2. The molecule has 0 unspecified atom stereocenters. The molecule has 1 aromatic rings. The molecule has 3 nitrogen and oxygen atoms in total. The fraction of sp³-hybridized carbons (Fsp3) is 0.562. The minimum absolute atomic E-state index is 0.535. The van der Waals surface area contributed by atoms with Crippen LogP contribution in [-0.2, 0) is 11.3 Å². The molecular formula is C16H22Cl2N2O. The fourth-order valence-electron chi connectivity index (χ4n) is 2.67. The van der Waals surface area contributed by atoms with Crippen LogP contribution in [0, 0.1) is 0 Å². The van der Waals surface area contributed by atoms with Crippen LogP contribution < -0.4 is 0 Å². The van der Waals surface area contributed by atoms with Crippen LogP contribution in [0.4, 0.5) is 0 Å². The zero-order valence-corrected chi connectivity index (χ0v) is 13.7. The zero-order chi connectivity index (χ0) is 15.1. The van der Waals surface area contributed by atoms with Crippen LogP contribution in [0.5, 0.6) is 0 Å². The summed E-state index contributed by atoms with van der Waals surface area (Å²) in [6.45, 7) is 4.58. The predicted molar refractivity (Wildman–Crippen MR) is 87.8 cm³/mol. The molecule has 0 spiro atoms. The third-order valence-corrected chi connectivity index (χ3v) is 4.66. The molecule has 21 heavy (non-hydrogen) atoms. The highest BCUT2D eigenvalue weighted by atomic mass is 35.5. The van der Waals surface area contributed by atoms with Crippen molar-refractivity contribution in [3.8, 4) is 0 Å². The average Bonchev–Trinajstić information content (AvgIpc) is 2.76. The van der Waals surface area contributed by atoms with Gasteiger partial charge in [0.1, 0.15) is 0 Å². The van der Waals surface area contributed by atoms with Crippen molar-refractivity contribution in [3.63, 3.8) is 0 Å². The SMILES string of the molecule is O=CN(CCN1CCCCCC1)Cc1ccc(Cl)c(Cl)c1. The first-order valence-electron chi connectivity index (χ1n) is 7.54. The molecule has 1 saturated heterocycles. The van der Waals surface area contributed by atoms with Gasteiger partial charge in [-0.25, -0.2) is 0 Å². The molecule has 1 aliphatic heterocycles. The molecule has 1 amide bonds. The number of benzene rings is 1. The molecule has 2 rings (SSSR count). The molecule has 0 atom stereocenters. The third-order valence-electron chi connectivity index (χ3n) is 3.92. The number of carbonyl (C=O) groups excluding carboxylic acids is 1. The highest BCUT2D eigenvalue weighted by molar-refractivity contribution is 6.42. The first kappa shape index (κ1) is 16.6. The van der Waals surface area contributed by atoms with Crippen molar-refractivity contribution in [2.75, 3.05) is 26.2 Å². The van der Waals surface area contributed by atoms with E-state index in [1.165, 1.54) is 25.7 Å². The summed E-state index contributed by atoms with van der Waals surface area (Å²) < 4.78 is 0. The van der Waals surface area contributed by atoms with Gasteiger partial charge in [-0.1, -0.05) is 42.1 Å². The van der Waals surface area contributed by atoms with Crippen molar-refractivity contribution in [2.24, 2.45) is 0 Å². The summed E-state index contributed by atoms with van der Waals surface area (Å²) >= 11 is 11.9. The number of nitrogens with zero attached hydrogens (tertiary/aromatic N) is 2. The Morgan fingerprint density at radius 2 is 1.81 bits per heavy atom. The van der Waals surface area contributed by atoms with Gasteiger partial charge in [-0.3, -0.25) is 4.79 Å². The van der Waals surface area contributed by atoms with Crippen LogP contribution in [0.15, 0.2) is 18.2 Å². The molecule has 0 N–H and O–H groups in total. The van der Waals surface area contributed by atoms with E-state index in [4.69, 9.17) is 23.2 Å². The minimum atomic E-state index is 0.535. The van der Waals surface area contributed by atoms with Gasteiger partial charge in [0.25, 0.3) is 0 Å². The lowest BCUT2D eigenvalue weighted by Crippen LogP contribution is -2.34. The Morgan fingerprint density at radius 1 is 1.10 bits per heavy atom. The van der Waals surface area contributed by atoms with Crippen molar-refractivity contribution in [1.82, 2.24) is 9.80 Å². The van der Waals surface area contributed by atoms with E-state index in [-0.39, 0.29) is 0 Å². The van der Waals surface area contributed by atoms with E-state index in [2.05, 4.69) is 4.90 Å². The Morgan fingerprint density at radius 3 is 2.43 bits per heavy atom. The fourth-order valence-corrected chi connectivity index (χ4v) is 2.99. The van der Waals surface area contributed by atoms with Gasteiger partial charge in [0.05, 0.1) is 10.0 Å². The summed E-state index contributed by atoms with van der Waals surface area (Å²) in [5, 5.41) is 1.08. The van der Waals surface area contributed by atoms with Gasteiger partial charge < -0.3 is 9.80 Å². The second-order valence-electron chi connectivity index (χ2n) is 5.58. The van der Waals surface area contributed by atoms with Crippen molar-refractivity contribution in [2.45, 2.75) is 32.2 Å². The first-order chi connectivity index (χ1) is 10.2. The topological polar surface area (TPSA) is 23.6 Å². The molecule has 116 valence electrons. The summed E-state index contributed by atoms with van der Waals surface area (Å²) in [5.41, 5.74) is 1.01. The molecule has 1 aromatic carbocycles. The Kier molecular flexibility index (Phi) is 6.81. The van der Waals surface area contributed by atoms with E-state index in [1.807, 2.05) is 12.1 Å². The van der Waals surface area contributed by atoms with Crippen LogP contribution in [0.3, 0.4) is 0 Å². The summed E-state index contributed by atoms with van der Waals surface area (Å²) in [4.78, 5) is 15.5. The van der Waals surface area contributed by atoms with E-state index in [9.17, 15) is 4.79 Å². The van der Waals surface area contributed by atoms with Gasteiger partial charge in [-0.15, -0.1) is 0 Å². The maximum Gasteiger partial charge on any atom is 0.210 e. The average molecular weight is 329 g/mol. The molecule has 0 bridgehead atoms. The molecule has 0 saturated carbocycles. The van der Waals surface area contributed by atoms with Crippen LogP contribution in [0.2, 0.25) is 10.0 Å². The maximum absolute atomic E-state index is 11.3. The van der Waals surface area contributed by atoms with Crippen LogP contribution in [0.1, 0.15) is 31.2 Å². The van der Waals surface area contributed by atoms with Gasteiger partial charge >= 0.3 is 0 Å². The normalized spacial score (nSPS) is 16.5. The van der Waals surface area contributed by atoms with Crippen molar-refractivity contribution < 1.29 is 4.79 Å². The Labute approximate surface area is 136 Å². The lowest BCUT2D eigenvalue weighted by Gasteiger charge is -2.24. The molecule has 0 aliphatic carbocycles. The number of likely N-dealkylation sites (tertiary alicyclic amines) is 1. The Balaban J connectivity index is 1.84. The van der Waals surface area contributed by atoms with Gasteiger partial charge in [0, 0.05) is 19.6 Å². The van der Waals surface area contributed by atoms with Crippen LogP contribution in [-0.4, -0.2) is 42.4 Å². The van der Waals surface area contributed by atoms with Crippen molar-refractivity contribution in [3.05, 3.63) is 33.8 Å². The zero-order valence-electron chi connectivity index (χ0n) is 12.2. The number of halogens is 2. The van der Waals surface area contributed by atoms with E-state index in [0.29, 0.717) is 16.6 Å². The number of rotatable bonds is 6. The Bertz CT molecular complexity index is 460. The summed E-state index contributed by atoms with van der Waals surface area (Å²) in [6.07, 6.45) is 6.12. The molecular weight excluding hydrogens is 307 g/mol. The number of amides is 1. The van der Waals surface area contributed by atoms with Gasteiger partial charge in [-0.05, 0) is 43.6 Å². The molecule has 0 radical (unpaired) electrons. The highest BCUT2D eigenvalue weighted by Gasteiger charge is 2.11. The minimum Gasteiger partial charge on any atom is -0.340 e. The molecule has 5 heteroatoms. The number of hydrogen-bond donors (Lipinski definition) is 0. The van der Waals surface area contributed by atoms with Gasteiger partial charge in [-0.2, -0.15) is 0 Å². The number of hydrogen-bond acceptors (Lipinski definition) is 2. The van der Waals surface area contributed by atoms with E-state index in [0.717, 1.165) is 38.2 Å². The van der Waals surface area contributed by atoms with E-state index in [1.54, 1.807) is 11.0 Å². The third kappa shape index (κ3) is 5.50. The van der Waals surface area contributed by atoms with Gasteiger partial charge in [0.2, 0.25) is 6.41 Å². The first-order valence-corrected chi connectivity index (χ1v) is 8.30. The van der Waals surface area contributed by atoms with Crippen molar-refractivity contribution >= 4 is 29.6 Å². The summed E-state index contributed by atoms with van der Waals surface area (Å²) in [6, 6.07) is 5.51. The smallest absolute Gasteiger partial charge is 0.210 e. The molecule has 1 aliphatic rings. The standard InChI is InChI=1S/C16H22Cl2N2O/c17-15-6-5-14(11-16(15)18)12-20(13-21)10-9-19-7-3-1-2-4-8-19/h5-6,11,13H,1-4,7-10,12H2. The number of carbonyl (C=O) groups is 1. The lowest BCUT2D eigenvalue weighted by molar-refractivity contribution is -0.118. The summed E-state index contributed by atoms with van der Waals surface area (Å²) in [5.74, 6) is 0. The Hall–Kier alpha value is -0.770. The quantitative estimate of drug-likeness (QED) is 0.741. The second-order valence-corrected chi connectivity index (χ2v) is 6.39. The van der Waals surface area contributed by atoms with Crippen LogP contribution >= 0.6 is 23.2 Å². The highest BCUT2D eigenvalue weighted by Crippen LogP contribution is 2.23. The van der Waals surface area contributed by atoms with Gasteiger partial charge in [0.15, 0.2) is 0 Å². The van der Waals surface area contributed by atoms with E-state index < -0.39 is 0 Å². The molecule has 1 fully saturated rings. The second kappa shape index (κ2) is 8.62. The van der Waals surface area contributed by atoms with Crippen LogP contribution in [0.25, 0.3) is 0 Å². The molecule has 1 heterocycles. The molecule has 0 aromatic heterocycles. The van der Waals surface area contributed by atoms with Crippen molar-refractivity contribution in [1.29, 1.82) is 0 Å². The predicted octanol–water partition coefficient (Wildman–Crippen LogP) is 3.83. The summed E-state index contributed by atoms with van der Waals surface area (Å²) in [7, 11) is 0.